The van der Waals surface area contributed by atoms with Gasteiger partial charge in [0, 0.05) is 24.3 Å². The molecule has 8 aromatic rings. The average Bonchev–Trinajstić information content (AvgIpc) is 3.92. The topological polar surface area (TPSA) is 180 Å². The van der Waals surface area contributed by atoms with E-state index in [9.17, 15) is 36.0 Å². The molecule has 0 unspecified atom stereocenters. The maximum Gasteiger partial charge on any atom is 0.258 e. The minimum atomic E-state index is -3.86. The molecule has 2 heterocycles. The lowest BCUT2D eigenvalue weighted by Gasteiger charge is -2.14. The van der Waals surface area contributed by atoms with E-state index in [0.29, 0.717) is 57.4 Å². The van der Waals surface area contributed by atoms with Gasteiger partial charge in [0.05, 0.1) is 31.0 Å². The molecule has 0 saturated carbocycles. The molecule has 0 radical (unpaired) electrons. The Morgan fingerprint density at radius 3 is 0.639 bits per heavy atom. The Hall–Kier alpha value is -9.38. The average molecular weight is 993 g/mol. The van der Waals surface area contributed by atoms with Crippen LogP contribution < -0.4 is 28.7 Å². The largest absolute Gasteiger partial charge is 0.457 e. The number of sulfone groups is 2. The van der Waals surface area contributed by atoms with E-state index in [1.807, 2.05) is 24.3 Å². The number of anilines is 2. The van der Waals surface area contributed by atoms with Crippen LogP contribution in [0.25, 0.3) is 11.1 Å². The van der Waals surface area contributed by atoms with E-state index in [-0.39, 0.29) is 19.6 Å². The molecule has 354 valence electrons. The Bertz CT molecular complexity index is 3390. The summed E-state index contributed by atoms with van der Waals surface area (Å²) in [6.45, 7) is 0. The van der Waals surface area contributed by atoms with E-state index in [1.54, 1.807) is 97.1 Å². The number of nitrogens with zero attached hydrogens (tertiary/aromatic N) is 2. The fourth-order valence-corrected chi connectivity index (χ4v) is 10.2. The summed E-state index contributed by atoms with van der Waals surface area (Å²) in [5.41, 5.74) is 2.63. The van der Waals surface area contributed by atoms with Crippen molar-refractivity contribution in [2.24, 2.45) is 0 Å². The summed E-state index contributed by atoms with van der Waals surface area (Å²) in [4.78, 5) is 50.2. The van der Waals surface area contributed by atoms with Gasteiger partial charge in [0.2, 0.25) is 19.7 Å². The molecule has 0 aliphatic carbocycles. The normalized spacial score (nSPS) is 13.4. The smallest absolute Gasteiger partial charge is 0.258 e. The minimum absolute atomic E-state index is 0.0719. The van der Waals surface area contributed by atoms with Gasteiger partial charge in [0.15, 0.2) is 0 Å². The highest BCUT2D eigenvalue weighted by Gasteiger charge is 2.26. The first-order valence-electron chi connectivity index (χ1n) is 21.9. The molecule has 14 nitrogen and oxygen atoms in total. The molecule has 0 saturated heterocycles. The van der Waals surface area contributed by atoms with Crippen LogP contribution in [0.2, 0.25) is 0 Å². The van der Waals surface area contributed by atoms with E-state index < -0.39 is 43.3 Å². The summed E-state index contributed by atoms with van der Waals surface area (Å²) in [7, 11) is -7.73. The van der Waals surface area contributed by atoms with Crippen molar-refractivity contribution in [3.63, 3.8) is 0 Å². The fraction of sp³-hybridized carbons (Fsp3) is 0. The molecule has 0 spiro atoms. The maximum atomic E-state index is 13.5. The number of hydrogen-bond donors (Lipinski definition) is 0. The predicted octanol–water partition coefficient (Wildman–Crippen LogP) is 11.0. The van der Waals surface area contributed by atoms with Crippen molar-refractivity contribution in [2.45, 2.75) is 19.6 Å². The molecule has 10 rings (SSSR count). The van der Waals surface area contributed by atoms with Gasteiger partial charge < -0.3 is 18.9 Å². The van der Waals surface area contributed by atoms with E-state index in [4.69, 9.17) is 18.9 Å². The van der Waals surface area contributed by atoms with Crippen molar-refractivity contribution in [1.82, 2.24) is 0 Å². The summed E-state index contributed by atoms with van der Waals surface area (Å²) < 4.78 is 77.6. The Balaban J connectivity index is 0.700. The number of ether oxygens (including phenoxy) is 4. The lowest BCUT2D eigenvalue weighted by atomic mass is 10.1. The Labute approximate surface area is 412 Å². The van der Waals surface area contributed by atoms with Crippen molar-refractivity contribution in [3.05, 3.63) is 218 Å². The van der Waals surface area contributed by atoms with Crippen LogP contribution in [0.5, 0.6) is 46.0 Å². The first-order valence-corrected chi connectivity index (χ1v) is 24.9. The molecular formula is C56H36N2O12S2. The zero-order valence-corrected chi connectivity index (χ0v) is 39.0. The van der Waals surface area contributed by atoms with Gasteiger partial charge in [-0.15, -0.1) is 0 Å². The predicted molar refractivity (Wildman–Crippen MR) is 265 cm³/mol. The molecule has 0 bridgehead atoms. The van der Waals surface area contributed by atoms with Gasteiger partial charge >= 0.3 is 0 Å². The number of carbonyl (C=O) groups is 4. The lowest BCUT2D eigenvalue weighted by Crippen LogP contribution is -2.29. The van der Waals surface area contributed by atoms with Crippen molar-refractivity contribution in [3.8, 4) is 57.1 Å². The van der Waals surface area contributed by atoms with Crippen LogP contribution in [0.3, 0.4) is 0 Å². The number of carbonyl (C=O) groups excluding carboxylic acids is 4. The summed E-state index contributed by atoms with van der Waals surface area (Å²) in [5, 5.41) is 0. The van der Waals surface area contributed by atoms with Gasteiger partial charge in [-0.1, -0.05) is 24.3 Å². The molecule has 4 amide bonds. The van der Waals surface area contributed by atoms with Crippen LogP contribution >= 0.6 is 0 Å². The highest BCUT2D eigenvalue weighted by Crippen LogP contribution is 2.34. The first-order chi connectivity index (χ1) is 34.8. The molecular weight excluding hydrogens is 957 g/mol. The monoisotopic (exact) mass is 992 g/mol. The molecule has 0 N–H and O–H groups in total. The van der Waals surface area contributed by atoms with E-state index in [0.717, 1.165) is 20.9 Å². The third-order valence-electron chi connectivity index (χ3n) is 11.3. The van der Waals surface area contributed by atoms with Gasteiger partial charge in [-0.3, -0.25) is 19.2 Å². The minimum Gasteiger partial charge on any atom is -0.457 e. The van der Waals surface area contributed by atoms with Crippen LogP contribution in [0.1, 0.15) is 0 Å². The molecule has 0 fully saturated rings. The SMILES string of the molecule is O=C1C=CC(=O)N1c1ccc(Oc2ccc(S(=O)(=O)c3ccc(Oc4ccc(-c5ccc(Oc6ccc(S(=O)(=O)c7ccc(Oc8ccc(N9C(=O)C=CC9=O)cc8)cc7)cc6)cc5)cc4)cc3)cc2)cc1. The summed E-state index contributed by atoms with van der Waals surface area (Å²) >= 11 is 0. The van der Waals surface area contributed by atoms with Crippen molar-refractivity contribution >= 4 is 54.7 Å². The zero-order chi connectivity index (χ0) is 50.0. The Morgan fingerprint density at radius 1 is 0.250 bits per heavy atom. The molecule has 0 atom stereocenters. The summed E-state index contributed by atoms with van der Waals surface area (Å²) in [5.74, 6) is 1.92. The van der Waals surface area contributed by atoms with Crippen molar-refractivity contribution in [2.75, 3.05) is 9.80 Å². The number of benzene rings is 8. The number of rotatable bonds is 15. The van der Waals surface area contributed by atoms with Crippen LogP contribution in [-0.4, -0.2) is 40.5 Å². The lowest BCUT2D eigenvalue weighted by molar-refractivity contribution is -0.121. The van der Waals surface area contributed by atoms with Crippen LogP contribution in [-0.2, 0) is 38.9 Å². The highest BCUT2D eigenvalue weighted by molar-refractivity contribution is 7.91. The van der Waals surface area contributed by atoms with E-state index >= 15 is 0 Å². The van der Waals surface area contributed by atoms with Gasteiger partial charge in [-0.05, 0) is 181 Å². The van der Waals surface area contributed by atoms with Gasteiger partial charge in [-0.2, -0.15) is 0 Å². The summed E-state index contributed by atoms with van der Waals surface area (Å²) in [6, 6.07) is 51.7. The Kier molecular flexibility index (Phi) is 12.4. The van der Waals surface area contributed by atoms with E-state index in [2.05, 4.69) is 0 Å². The van der Waals surface area contributed by atoms with Crippen LogP contribution in [0.4, 0.5) is 11.4 Å². The highest BCUT2D eigenvalue weighted by atomic mass is 32.2. The second kappa shape index (κ2) is 19.2. The second-order valence-electron chi connectivity index (χ2n) is 16.0. The van der Waals surface area contributed by atoms with Gasteiger partial charge in [0.1, 0.15) is 46.0 Å². The molecule has 0 aromatic heterocycles. The number of amides is 4. The number of imide groups is 2. The molecule has 8 aromatic carbocycles. The molecule has 16 heteroatoms. The second-order valence-corrected chi connectivity index (χ2v) is 19.9. The van der Waals surface area contributed by atoms with Crippen molar-refractivity contribution < 1.29 is 55.0 Å². The maximum absolute atomic E-state index is 13.5. The van der Waals surface area contributed by atoms with Crippen molar-refractivity contribution in [1.29, 1.82) is 0 Å². The first kappa shape index (κ1) is 46.4. The fourth-order valence-electron chi connectivity index (χ4n) is 7.63. The Morgan fingerprint density at radius 2 is 0.431 bits per heavy atom. The van der Waals surface area contributed by atoms with Crippen LogP contribution in [0, 0.1) is 0 Å². The molecule has 2 aliphatic heterocycles. The summed E-state index contributed by atoms with van der Waals surface area (Å²) in [6.07, 6.45) is 4.82. The molecule has 72 heavy (non-hydrogen) atoms. The number of hydrogen-bond acceptors (Lipinski definition) is 12. The molecule has 2 aliphatic rings. The quantitative estimate of drug-likeness (QED) is 0.0888. The standard InChI is InChI=1S/C56H36N2O12S2/c59-53-33-34-54(60)57(53)39-5-13-43(14-6-39)69-47-21-29-51(30-22-47)71(63,64)49-25-17-45(18-26-49)67-41-9-1-37(2-10-41)38-3-11-42(12-4-38)68-46-19-27-50(28-20-46)72(65,66)52-31-23-48(24-32-52)70-44-15-7-40(8-16-44)58-55(61)35-36-56(58)62/h1-36H. The van der Waals surface area contributed by atoms with E-state index in [1.165, 1.54) is 97.1 Å². The van der Waals surface area contributed by atoms with Gasteiger partial charge in [0.25, 0.3) is 23.6 Å². The van der Waals surface area contributed by atoms with Crippen LogP contribution in [0.15, 0.2) is 238 Å². The third-order valence-corrected chi connectivity index (χ3v) is 14.9. The van der Waals surface area contributed by atoms with Gasteiger partial charge in [-0.25, -0.2) is 26.6 Å². The zero-order valence-electron chi connectivity index (χ0n) is 37.4. The third kappa shape index (κ3) is 9.76.